The van der Waals surface area contributed by atoms with Crippen molar-refractivity contribution in [2.24, 2.45) is 0 Å². The van der Waals surface area contributed by atoms with Gasteiger partial charge in [0.1, 0.15) is 12.4 Å². The third-order valence-corrected chi connectivity index (χ3v) is 6.56. The molecule has 1 aromatic heterocycles. The zero-order valence-electron chi connectivity index (χ0n) is 14.5. The molecular formula is C21H17FN2O2S. The normalized spacial score (nSPS) is 19.1. The summed E-state index contributed by atoms with van der Waals surface area (Å²) in [7, 11) is 0. The van der Waals surface area contributed by atoms with Crippen molar-refractivity contribution in [1.82, 2.24) is 9.80 Å². The van der Waals surface area contributed by atoms with Gasteiger partial charge in [-0.1, -0.05) is 30.3 Å². The summed E-state index contributed by atoms with van der Waals surface area (Å²) >= 11 is 1.44. The molecule has 0 N–H and O–H groups in total. The quantitative estimate of drug-likeness (QED) is 0.647. The van der Waals surface area contributed by atoms with Crippen molar-refractivity contribution in [3.8, 4) is 0 Å². The van der Waals surface area contributed by atoms with E-state index in [-0.39, 0.29) is 30.2 Å². The number of piperazine rings is 1. The van der Waals surface area contributed by atoms with Gasteiger partial charge in [0.2, 0.25) is 5.91 Å². The summed E-state index contributed by atoms with van der Waals surface area (Å²) in [6.45, 7) is 0.978. The van der Waals surface area contributed by atoms with E-state index < -0.39 is 0 Å². The van der Waals surface area contributed by atoms with Crippen LogP contribution in [0.25, 0.3) is 10.1 Å². The van der Waals surface area contributed by atoms with Crippen LogP contribution in [0.2, 0.25) is 0 Å². The van der Waals surface area contributed by atoms with Gasteiger partial charge < -0.3 is 9.80 Å². The maximum atomic E-state index is 14.2. The maximum absolute atomic E-state index is 14.2. The highest BCUT2D eigenvalue weighted by atomic mass is 32.1. The van der Waals surface area contributed by atoms with Gasteiger partial charge in [-0.25, -0.2) is 4.39 Å². The molecule has 5 rings (SSSR count). The number of amides is 2. The molecule has 2 aromatic carbocycles. The predicted molar refractivity (Wildman–Crippen MR) is 102 cm³/mol. The van der Waals surface area contributed by atoms with E-state index in [1.54, 1.807) is 15.9 Å². The number of carbonyl (C=O) groups is 2. The van der Waals surface area contributed by atoms with E-state index in [0.717, 1.165) is 15.6 Å². The second-order valence-electron chi connectivity index (χ2n) is 6.99. The van der Waals surface area contributed by atoms with Crippen LogP contribution in [0.5, 0.6) is 0 Å². The number of halogens is 1. The summed E-state index contributed by atoms with van der Waals surface area (Å²) in [4.78, 5) is 29.8. The minimum Gasteiger partial charge on any atom is -0.332 e. The lowest BCUT2D eigenvalue weighted by atomic mass is 9.90. The minimum absolute atomic E-state index is 0.0735. The number of benzene rings is 2. The molecule has 1 atom stereocenters. The molecule has 0 spiro atoms. The van der Waals surface area contributed by atoms with Crippen molar-refractivity contribution in [3.05, 3.63) is 70.4 Å². The second-order valence-corrected chi connectivity index (χ2v) is 8.08. The van der Waals surface area contributed by atoms with E-state index in [0.29, 0.717) is 30.0 Å². The second kappa shape index (κ2) is 6.16. The van der Waals surface area contributed by atoms with E-state index in [4.69, 9.17) is 0 Å². The third kappa shape index (κ3) is 2.63. The monoisotopic (exact) mass is 380 g/mol. The number of rotatable bonds is 1. The number of thiophene rings is 1. The Morgan fingerprint density at radius 2 is 2.00 bits per heavy atom. The van der Waals surface area contributed by atoms with Gasteiger partial charge in [-0.2, -0.15) is 0 Å². The molecule has 3 aromatic rings. The molecule has 2 aliphatic heterocycles. The maximum Gasteiger partial charge on any atom is 0.264 e. The van der Waals surface area contributed by atoms with Gasteiger partial charge in [0, 0.05) is 17.8 Å². The van der Waals surface area contributed by atoms with Crippen molar-refractivity contribution in [2.45, 2.75) is 12.5 Å². The Kier molecular flexibility index (Phi) is 3.75. The Morgan fingerprint density at radius 3 is 2.85 bits per heavy atom. The summed E-state index contributed by atoms with van der Waals surface area (Å²) in [6, 6.07) is 14.5. The van der Waals surface area contributed by atoms with Crippen LogP contribution in [0.3, 0.4) is 0 Å². The molecule has 1 saturated heterocycles. The lowest BCUT2D eigenvalue weighted by Crippen LogP contribution is -2.55. The molecule has 0 aliphatic carbocycles. The number of hydrogen-bond acceptors (Lipinski definition) is 3. The average Bonchev–Trinajstić information content (AvgIpc) is 3.11. The van der Waals surface area contributed by atoms with Gasteiger partial charge in [-0.15, -0.1) is 11.3 Å². The van der Waals surface area contributed by atoms with Crippen molar-refractivity contribution in [3.63, 3.8) is 0 Å². The van der Waals surface area contributed by atoms with Crippen molar-refractivity contribution in [2.75, 3.05) is 19.6 Å². The Labute approximate surface area is 159 Å². The van der Waals surface area contributed by atoms with Gasteiger partial charge in [-0.05, 0) is 41.1 Å². The standard InChI is InChI=1S/C21H17FN2O2S/c22-16-6-3-5-15-14(16)8-9-24-17(15)11-23(12-20(24)25)21(26)19-10-13-4-1-2-7-18(13)27-19/h1-7,10,17H,8-9,11-12H2. The minimum atomic E-state index is -0.274. The fourth-order valence-corrected chi connectivity index (χ4v) is 5.16. The SMILES string of the molecule is O=C(c1cc2ccccc2s1)N1CC(=O)N2CCc3c(F)cccc3C2C1. The zero-order valence-corrected chi connectivity index (χ0v) is 15.3. The Balaban J connectivity index is 1.48. The van der Waals surface area contributed by atoms with E-state index in [2.05, 4.69) is 0 Å². The van der Waals surface area contributed by atoms with Gasteiger partial charge in [0.15, 0.2) is 0 Å². The highest BCUT2D eigenvalue weighted by Gasteiger charge is 2.39. The first-order valence-electron chi connectivity index (χ1n) is 8.96. The Morgan fingerprint density at radius 1 is 1.15 bits per heavy atom. The van der Waals surface area contributed by atoms with Crippen LogP contribution in [0, 0.1) is 5.82 Å². The topological polar surface area (TPSA) is 40.6 Å². The van der Waals surface area contributed by atoms with Gasteiger partial charge in [-0.3, -0.25) is 9.59 Å². The smallest absolute Gasteiger partial charge is 0.264 e. The molecule has 6 heteroatoms. The van der Waals surface area contributed by atoms with E-state index in [9.17, 15) is 14.0 Å². The molecule has 0 saturated carbocycles. The first-order valence-corrected chi connectivity index (χ1v) is 9.78. The summed E-state index contributed by atoms with van der Waals surface area (Å²) in [6.07, 6.45) is 0.522. The Bertz CT molecular complexity index is 1040. The Hall–Kier alpha value is -2.73. The van der Waals surface area contributed by atoms with E-state index >= 15 is 0 Å². The molecule has 1 unspecified atom stereocenters. The number of carbonyl (C=O) groups excluding carboxylic acids is 2. The van der Waals surface area contributed by atoms with Crippen LogP contribution in [0.1, 0.15) is 26.8 Å². The summed E-state index contributed by atoms with van der Waals surface area (Å²) in [5.41, 5.74) is 1.49. The summed E-state index contributed by atoms with van der Waals surface area (Å²) in [5.74, 6) is -0.434. The van der Waals surface area contributed by atoms with Crippen LogP contribution in [0.15, 0.2) is 48.5 Å². The van der Waals surface area contributed by atoms with Crippen LogP contribution >= 0.6 is 11.3 Å². The number of hydrogen-bond donors (Lipinski definition) is 0. The molecule has 4 nitrogen and oxygen atoms in total. The first kappa shape index (κ1) is 16.4. The van der Waals surface area contributed by atoms with Crippen molar-refractivity contribution in [1.29, 1.82) is 0 Å². The van der Waals surface area contributed by atoms with Crippen molar-refractivity contribution >= 4 is 33.2 Å². The number of nitrogens with zero attached hydrogens (tertiary/aromatic N) is 2. The lowest BCUT2D eigenvalue weighted by molar-refractivity contribution is -0.139. The molecular weight excluding hydrogens is 363 g/mol. The van der Waals surface area contributed by atoms with E-state index in [1.807, 2.05) is 36.4 Å². The molecule has 2 aliphatic rings. The fourth-order valence-electron chi connectivity index (χ4n) is 4.13. The highest BCUT2D eigenvalue weighted by Crippen LogP contribution is 2.35. The van der Waals surface area contributed by atoms with Gasteiger partial charge in [0.05, 0.1) is 10.9 Å². The average molecular weight is 380 g/mol. The first-order chi connectivity index (χ1) is 13.1. The van der Waals surface area contributed by atoms with Crippen LogP contribution in [-0.4, -0.2) is 41.2 Å². The fraction of sp³-hybridized carbons (Fsp3) is 0.238. The predicted octanol–water partition coefficient (Wildman–Crippen LogP) is 3.62. The van der Waals surface area contributed by atoms with Crippen molar-refractivity contribution < 1.29 is 14.0 Å². The zero-order chi connectivity index (χ0) is 18.5. The molecule has 0 bridgehead atoms. The number of fused-ring (bicyclic) bond motifs is 4. The molecule has 0 radical (unpaired) electrons. The largest absolute Gasteiger partial charge is 0.332 e. The summed E-state index contributed by atoms with van der Waals surface area (Å²) < 4.78 is 15.2. The molecule has 3 heterocycles. The van der Waals surface area contributed by atoms with Gasteiger partial charge >= 0.3 is 0 Å². The lowest BCUT2D eigenvalue weighted by Gasteiger charge is -2.44. The molecule has 2 amide bonds. The highest BCUT2D eigenvalue weighted by molar-refractivity contribution is 7.20. The molecule has 136 valence electrons. The van der Waals surface area contributed by atoms with Crippen LogP contribution in [-0.2, 0) is 11.2 Å². The van der Waals surface area contributed by atoms with Crippen LogP contribution in [0.4, 0.5) is 4.39 Å². The van der Waals surface area contributed by atoms with Crippen LogP contribution < -0.4 is 0 Å². The van der Waals surface area contributed by atoms with Gasteiger partial charge in [0.25, 0.3) is 5.91 Å². The van der Waals surface area contributed by atoms with E-state index in [1.165, 1.54) is 17.4 Å². The molecule has 27 heavy (non-hydrogen) atoms. The third-order valence-electron chi connectivity index (χ3n) is 5.46. The molecule has 1 fully saturated rings. The summed E-state index contributed by atoms with van der Waals surface area (Å²) in [5, 5.41) is 1.03.